The Balaban J connectivity index is 1.66. The molecule has 3 heteroatoms. The van der Waals surface area contributed by atoms with Crippen molar-refractivity contribution in [3.63, 3.8) is 0 Å². The molecule has 0 unspecified atom stereocenters. The van der Waals surface area contributed by atoms with Gasteiger partial charge in [-0.25, -0.2) is 4.39 Å². The number of ketones is 1. The molecular weight excluding hydrogens is 241 g/mol. The summed E-state index contributed by atoms with van der Waals surface area (Å²) in [6.45, 7) is 2.12. The highest BCUT2D eigenvalue weighted by atomic mass is 19.1. The highest BCUT2D eigenvalue weighted by Crippen LogP contribution is 2.26. The highest BCUT2D eigenvalue weighted by molar-refractivity contribution is 5.95. The molecular formula is C16H22FNO. The van der Waals surface area contributed by atoms with Crippen molar-refractivity contribution in [1.82, 2.24) is 4.90 Å². The van der Waals surface area contributed by atoms with Crippen LogP contribution in [-0.4, -0.2) is 30.8 Å². The average Bonchev–Trinajstić information content (AvgIpc) is 2.34. The molecule has 0 saturated heterocycles. The van der Waals surface area contributed by atoms with E-state index in [2.05, 4.69) is 11.9 Å². The van der Waals surface area contributed by atoms with Crippen molar-refractivity contribution in [2.45, 2.75) is 32.1 Å². The van der Waals surface area contributed by atoms with Crippen molar-refractivity contribution >= 4 is 5.78 Å². The summed E-state index contributed by atoms with van der Waals surface area (Å²) < 4.78 is 12.8. The Labute approximate surface area is 114 Å². The van der Waals surface area contributed by atoms with Crippen molar-refractivity contribution < 1.29 is 9.18 Å². The molecule has 2 rings (SSSR count). The molecule has 19 heavy (non-hydrogen) atoms. The molecule has 0 heterocycles. The molecule has 0 spiro atoms. The SMILES string of the molecule is CN(CCCC(=O)c1ccc(F)cc1)CC1CCC1. The standard InChI is InChI=1S/C16H22FNO/c1-18(12-13-4-2-5-13)11-3-6-16(19)14-7-9-15(17)10-8-14/h7-10,13H,2-6,11-12H2,1H3. The van der Waals surface area contributed by atoms with E-state index in [1.54, 1.807) is 12.1 Å². The van der Waals surface area contributed by atoms with Gasteiger partial charge >= 0.3 is 0 Å². The van der Waals surface area contributed by atoms with E-state index in [9.17, 15) is 9.18 Å². The number of halogens is 1. The lowest BCUT2D eigenvalue weighted by Crippen LogP contribution is -2.30. The first-order chi connectivity index (χ1) is 9.15. The third-order valence-electron chi connectivity index (χ3n) is 3.90. The fourth-order valence-corrected chi connectivity index (χ4v) is 2.50. The van der Waals surface area contributed by atoms with E-state index in [0.29, 0.717) is 12.0 Å². The molecule has 104 valence electrons. The Bertz CT molecular complexity index is 411. The van der Waals surface area contributed by atoms with E-state index < -0.39 is 0 Å². The van der Waals surface area contributed by atoms with Gasteiger partial charge in [-0.15, -0.1) is 0 Å². The van der Waals surface area contributed by atoms with Gasteiger partial charge < -0.3 is 4.90 Å². The van der Waals surface area contributed by atoms with Gasteiger partial charge in [0, 0.05) is 18.5 Å². The first kappa shape index (κ1) is 14.2. The van der Waals surface area contributed by atoms with Crippen LogP contribution in [0.1, 0.15) is 42.5 Å². The summed E-state index contributed by atoms with van der Waals surface area (Å²) in [6, 6.07) is 5.82. The summed E-state index contributed by atoms with van der Waals surface area (Å²) in [5, 5.41) is 0. The number of hydrogen-bond acceptors (Lipinski definition) is 2. The fraction of sp³-hybridized carbons (Fsp3) is 0.562. The number of carbonyl (C=O) groups excluding carboxylic acids is 1. The molecule has 0 amide bonds. The number of carbonyl (C=O) groups is 1. The second kappa shape index (κ2) is 6.80. The molecule has 1 aromatic carbocycles. The highest BCUT2D eigenvalue weighted by Gasteiger charge is 2.18. The number of Topliss-reactive ketones (excluding diaryl/α,β-unsaturated/α-hetero) is 1. The first-order valence-electron chi connectivity index (χ1n) is 7.12. The molecule has 1 aliphatic carbocycles. The van der Waals surface area contributed by atoms with E-state index in [-0.39, 0.29) is 11.6 Å². The van der Waals surface area contributed by atoms with Crippen molar-refractivity contribution in [1.29, 1.82) is 0 Å². The predicted octanol–water partition coefficient (Wildman–Crippen LogP) is 3.52. The molecule has 0 atom stereocenters. The maximum atomic E-state index is 12.8. The van der Waals surface area contributed by atoms with Crippen LogP contribution in [0, 0.1) is 11.7 Å². The summed E-state index contributed by atoms with van der Waals surface area (Å²) in [5.74, 6) is 0.687. The maximum absolute atomic E-state index is 12.8. The second-order valence-corrected chi connectivity index (χ2v) is 5.59. The van der Waals surface area contributed by atoms with Gasteiger partial charge in [0.2, 0.25) is 0 Å². The van der Waals surface area contributed by atoms with Crippen molar-refractivity contribution in [2.24, 2.45) is 5.92 Å². The van der Waals surface area contributed by atoms with Gasteiger partial charge in [-0.3, -0.25) is 4.79 Å². The van der Waals surface area contributed by atoms with Gasteiger partial charge in [-0.2, -0.15) is 0 Å². The lowest BCUT2D eigenvalue weighted by Gasteiger charge is -2.30. The van der Waals surface area contributed by atoms with Crippen LogP contribution in [0.5, 0.6) is 0 Å². The van der Waals surface area contributed by atoms with E-state index in [1.807, 2.05) is 0 Å². The molecule has 0 bridgehead atoms. The molecule has 0 radical (unpaired) electrons. The summed E-state index contributed by atoms with van der Waals surface area (Å²) >= 11 is 0. The molecule has 0 aromatic heterocycles. The minimum atomic E-state index is -0.295. The Morgan fingerprint density at radius 2 is 2.00 bits per heavy atom. The third kappa shape index (κ3) is 4.43. The monoisotopic (exact) mass is 263 g/mol. The van der Waals surface area contributed by atoms with Gasteiger partial charge in [0.15, 0.2) is 5.78 Å². The van der Waals surface area contributed by atoms with Gasteiger partial charge in [0.05, 0.1) is 0 Å². The summed E-state index contributed by atoms with van der Waals surface area (Å²) in [7, 11) is 2.13. The molecule has 0 N–H and O–H groups in total. The van der Waals surface area contributed by atoms with Crippen molar-refractivity contribution in [3.8, 4) is 0 Å². The van der Waals surface area contributed by atoms with Crippen LogP contribution in [0.3, 0.4) is 0 Å². The van der Waals surface area contributed by atoms with Gasteiger partial charge in [0.1, 0.15) is 5.82 Å². The molecule has 1 aliphatic rings. The van der Waals surface area contributed by atoms with Crippen LogP contribution in [0.2, 0.25) is 0 Å². The minimum Gasteiger partial charge on any atom is -0.306 e. The Hall–Kier alpha value is -1.22. The van der Waals surface area contributed by atoms with Gasteiger partial charge in [-0.05, 0) is 63.0 Å². The predicted molar refractivity (Wildman–Crippen MR) is 74.8 cm³/mol. The quantitative estimate of drug-likeness (QED) is 0.701. The van der Waals surface area contributed by atoms with Crippen LogP contribution in [-0.2, 0) is 0 Å². The number of hydrogen-bond donors (Lipinski definition) is 0. The Morgan fingerprint density at radius 1 is 1.32 bits per heavy atom. The normalized spacial score (nSPS) is 15.5. The Kier molecular flexibility index (Phi) is 5.08. The summed E-state index contributed by atoms with van der Waals surface area (Å²) in [6.07, 6.45) is 5.51. The van der Waals surface area contributed by atoms with Crippen LogP contribution in [0.15, 0.2) is 24.3 Å². The lowest BCUT2D eigenvalue weighted by molar-refractivity contribution is 0.0974. The molecule has 1 saturated carbocycles. The van der Waals surface area contributed by atoms with Crippen LogP contribution < -0.4 is 0 Å². The zero-order chi connectivity index (χ0) is 13.7. The van der Waals surface area contributed by atoms with Crippen LogP contribution in [0.25, 0.3) is 0 Å². The van der Waals surface area contributed by atoms with Crippen molar-refractivity contribution in [3.05, 3.63) is 35.6 Å². The molecule has 2 nitrogen and oxygen atoms in total. The van der Waals surface area contributed by atoms with E-state index in [1.165, 1.54) is 31.4 Å². The Morgan fingerprint density at radius 3 is 2.58 bits per heavy atom. The van der Waals surface area contributed by atoms with Crippen molar-refractivity contribution in [2.75, 3.05) is 20.1 Å². The first-order valence-corrected chi connectivity index (χ1v) is 7.12. The number of nitrogens with zero attached hydrogens (tertiary/aromatic N) is 1. The lowest BCUT2D eigenvalue weighted by atomic mass is 9.85. The van der Waals surface area contributed by atoms with E-state index in [0.717, 1.165) is 25.4 Å². The fourth-order valence-electron chi connectivity index (χ4n) is 2.50. The molecule has 0 aliphatic heterocycles. The zero-order valence-corrected chi connectivity index (χ0v) is 11.6. The molecule has 1 aromatic rings. The summed E-state index contributed by atoms with van der Waals surface area (Å²) in [5.41, 5.74) is 0.614. The topological polar surface area (TPSA) is 20.3 Å². The number of rotatable bonds is 7. The third-order valence-corrected chi connectivity index (χ3v) is 3.90. The van der Waals surface area contributed by atoms with Gasteiger partial charge in [0.25, 0.3) is 0 Å². The molecule has 1 fully saturated rings. The van der Waals surface area contributed by atoms with Crippen LogP contribution in [0.4, 0.5) is 4.39 Å². The number of benzene rings is 1. The zero-order valence-electron chi connectivity index (χ0n) is 11.6. The average molecular weight is 263 g/mol. The smallest absolute Gasteiger partial charge is 0.162 e. The van der Waals surface area contributed by atoms with E-state index >= 15 is 0 Å². The van der Waals surface area contributed by atoms with E-state index in [4.69, 9.17) is 0 Å². The maximum Gasteiger partial charge on any atom is 0.162 e. The van der Waals surface area contributed by atoms with Crippen LogP contribution >= 0.6 is 0 Å². The van der Waals surface area contributed by atoms with Gasteiger partial charge in [-0.1, -0.05) is 6.42 Å². The minimum absolute atomic E-state index is 0.108. The largest absolute Gasteiger partial charge is 0.306 e. The summed E-state index contributed by atoms with van der Waals surface area (Å²) in [4.78, 5) is 14.2. The second-order valence-electron chi connectivity index (χ2n) is 5.59.